The van der Waals surface area contributed by atoms with Crippen molar-refractivity contribution < 1.29 is 5.11 Å². The second-order valence-corrected chi connectivity index (χ2v) is 4.87. The topological polar surface area (TPSA) is 23.5 Å². The molecule has 1 aromatic carbocycles. The van der Waals surface area contributed by atoms with Crippen LogP contribution in [0.5, 0.6) is 0 Å². The number of likely N-dealkylation sites (N-methyl/N-ethyl adjacent to an activating group) is 1. The minimum Gasteiger partial charge on any atom is -0.392 e. The maximum Gasteiger partial charge on any atom is 0.0664 e. The lowest BCUT2D eigenvalue weighted by molar-refractivity contribution is 0.103. The Morgan fingerprint density at radius 3 is 2.05 bits per heavy atom. The molecule has 2 unspecified atom stereocenters. The zero-order valence-electron chi connectivity index (χ0n) is 15.3. The first-order valence-electron chi connectivity index (χ1n) is 8.55. The van der Waals surface area contributed by atoms with Crippen molar-refractivity contribution in [2.45, 2.75) is 73.0 Å². The molecule has 124 valence electrons. The molecule has 0 aliphatic carbocycles. The van der Waals surface area contributed by atoms with Gasteiger partial charge >= 0.3 is 0 Å². The smallest absolute Gasteiger partial charge is 0.0664 e. The summed E-state index contributed by atoms with van der Waals surface area (Å²) in [4.78, 5) is 2.25. The van der Waals surface area contributed by atoms with E-state index in [2.05, 4.69) is 49.2 Å². The second-order valence-electron chi connectivity index (χ2n) is 4.87. The Kier molecular flexibility index (Phi) is 16.6. The summed E-state index contributed by atoms with van der Waals surface area (Å²) < 4.78 is 0. The number of nitrogens with zero attached hydrogens (tertiary/aromatic N) is 1. The van der Waals surface area contributed by atoms with E-state index < -0.39 is 0 Å². The van der Waals surface area contributed by atoms with Crippen LogP contribution in [0.2, 0.25) is 0 Å². The summed E-state index contributed by atoms with van der Waals surface area (Å²) in [5.74, 6) is 0. The highest BCUT2D eigenvalue weighted by Gasteiger charge is 2.12. The largest absolute Gasteiger partial charge is 0.392 e. The van der Waals surface area contributed by atoms with Gasteiger partial charge in [-0.2, -0.15) is 0 Å². The lowest BCUT2D eigenvalue weighted by atomic mass is 10.1. The Bertz CT molecular complexity index is 300. The molecule has 0 amide bonds. The van der Waals surface area contributed by atoms with Gasteiger partial charge in [-0.15, -0.1) is 0 Å². The van der Waals surface area contributed by atoms with Gasteiger partial charge in [0.1, 0.15) is 0 Å². The van der Waals surface area contributed by atoms with Crippen LogP contribution in [0.25, 0.3) is 0 Å². The van der Waals surface area contributed by atoms with Gasteiger partial charge in [-0.05, 0) is 38.8 Å². The zero-order chi connectivity index (χ0) is 16.7. The minimum absolute atomic E-state index is 0.195. The van der Waals surface area contributed by atoms with Gasteiger partial charge in [-0.3, -0.25) is 0 Å². The van der Waals surface area contributed by atoms with Crippen molar-refractivity contribution in [2.24, 2.45) is 0 Å². The summed E-state index contributed by atoms with van der Waals surface area (Å²) >= 11 is 0. The van der Waals surface area contributed by atoms with Crippen LogP contribution in [0.15, 0.2) is 30.3 Å². The van der Waals surface area contributed by atoms with E-state index in [1.807, 2.05) is 34.6 Å². The zero-order valence-corrected chi connectivity index (χ0v) is 15.3. The standard InChI is InChI=1S/C15H25NO.2C2H6/c1-4-15(17)12-16(3)13(2)10-11-14-8-6-5-7-9-14;2*1-2/h5-9,13,15,17H,4,10-12H2,1-3H3;2*1-2H3. The van der Waals surface area contributed by atoms with Crippen molar-refractivity contribution in [1.29, 1.82) is 0 Å². The predicted octanol–water partition coefficient (Wildman–Crippen LogP) is 4.76. The Morgan fingerprint density at radius 2 is 1.57 bits per heavy atom. The van der Waals surface area contributed by atoms with E-state index in [-0.39, 0.29) is 6.10 Å². The van der Waals surface area contributed by atoms with Gasteiger partial charge in [0.05, 0.1) is 6.10 Å². The fraction of sp³-hybridized carbons (Fsp3) is 0.684. The number of hydrogen-bond acceptors (Lipinski definition) is 2. The average Bonchev–Trinajstić information content (AvgIpc) is 2.57. The SMILES string of the molecule is CC.CC.CCC(O)CN(C)C(C)CCc1ccccc1. The third-order valence-electron chi connectivity index (χ3n) is 3.42. The Balaban J connectivity index is 0. The van der Waals surface area contributed by atoms with E-state index in [0.29, 0.717) is 6.04 Å². The van der Waals surface area contributed by atoms with Gasteiger partial charge in [-0.1, -0.05) is 65.0 Å². The summed E-state index contributed by atoms with van der Waals surface area (Å²) in [5.41, 5.74) is 1.39. The van der Waals surface area contributed by atoms with Crippen molar-refractivity contribution in [1.82, 2.24) is 4.90 Å². The first kappa shape index (κ1) is 22.4. The van der Waals surface area contributed by atoms with Gasteiger partial charge in [0.25, 0.3) is 0 Å². The molecule has 0 aromatic heterocycles. The molecule has 1 rings (SSSR count). The van der Waals surface area contributed by atoms with E-state index in [1.165, 1.54) is 5.56 Å². The molecule has 0 aliphatic rings. The lowest BCUT2D eigenvalue weighted by Crippen LogP contribution is -2.35. The van der Waals surface area contributed by atoms with Crippen molar-refractivity contribution in [2.75, 3.05) is 13.6 Å². The summed E-state index contributed by atoms with van der Waals surface area (Å²) in [5, 5.41) is 9.62. The van der Waals surface area contributed by atoms with E-state index in [4.69, 9.17) is 0 Å². The molecule has 2 heteroatoms. The van der Waals surface area contributed by atoms with Crippen molar-refractivity contribution in [3.8, 4) is 0 Å². The van der Waals surface area contributed by atoms with Gasteiger partial charge in [0.15, 0.2) is 0 Å². The first-order chi connectivity index (χ1) is 10.1. The van der Waals surface area contributed by atoms with Crippen molar-refractivity contribution in [3.05, 3.63) is 35.9 Å². The molecular weight excluding hydrogens is 258 g/mol. The predicted molar refractivity (Wildman–Crippen MR) is 95.8 cm³/mol. The second kappa shape index (κ2) is 15.5. The van der Waals surface area contributed by atoms with Gasteiger partial charge in [-0.25, -0.2) is 0 Å². The van der Waals surface area contributed by atoms with E-state index >= 15 is 0 Å². The summed E-state index contributed by atoms with van der Waals surface area (Å²) in [6.45, 7) is 13.0. The van der Waals surface area contributed by atoms with Crippen LogP contribution >= 0.6 is 0 Å². The van der Waals surface area contributed by atoms with Crippen LogP contribution in [0, 0.1) is 0 Å². The van der Waals surface area contributed by atoms with Crippen molar-refractivity contribution >= 4 is 0 Å². The molecule has 0 saturated carbocycles. The fourth-order valence-corrected chi connectivity index (χ4v) is 1.88. The van der Waals surface area contributed by atoms with Crippen molar-refractivity contribution in [3.63, 3.8) is 0 Å². The molecule has 1 aromatic rings. The molecule has 0 aliphatic heterocycles. The molecule has 0 saturated heterocycles. The molecule has 2 atom stereocenters. The highest BCUT2D eigenvalue weighted by Crippen LogP contribution is 2.09. The summed E-state index contributed by atoms with van der Waals surface area (Å²) in [6, 6.07) is 11.1. The average molecular weight is 296 g/mol. The highest BCUT2D eigenvalue weighted by molar-refractivity contribution is 5.14. The molecular formula is C19H37NO. The molecule has 21 heavy (non-hydrogen) atoms. The molecule has 0 bridgehead atoms. The van der Waals surface area contributed by atoms with Crippen LogP contribution in [-0.2, 0) is 6.42 Å². The Labute approximate surface area is 133 Å². The molecule has 2 nitrogen and oxygen atoms in total. The summed E-state index contributed by atoms with van der Waals surface area (Å²) in [6.07, 6.45) is 2.88. The number of aryl methyl sites for hydroxylation is 1. The monoisotopic (exact) mass is 295 g/mol. The minimum atomic E-state index is -0.195. The fourth-order valence-electron chi connectivity index (χ4n) is 1.88. The van der Waals surface area contributed by atoms with Gasteiger partial charge in [0.2, 0.25) is 0 Å². The van der Waals surface area contributed by atoms with Crippen LogP contribution in [0.1, 0.15) is 59.9 Å². The molecule has 0 radical (unpaired) electrons. The quantitative estimate of drug-likeness (QED) is 0.783. The number of aliphatic hydroxyl groups is 1. The van der Waals surface area contributed by atoms with E-state index in [9.17, 15) is 5.11 Å². The van der Waals surface area contributed by atoms with Crippen LogP contribution in [0.4, 0.5) is 0 Å². The van der Waals surface area contributed by atoms with Gasteiger partial charge < -0.3 is 10.0 Å². The highest BCUT2D eigenvalue weighted by atomic mass is 16.3. The number of rotatable bonds is 7. The molecule has 0 spiro atoms. The first-order valence-corrected chi connectivity index (χ1v) is 8.55. The number of aliphatic hydroxyl groups excluding tert-OH is 1. The lowest BCUT2D eigenvalue weighted by Gasteiger charge is -2.26. The third-order valence-corrected chi connectivity index (χ3v) is 3.42. The van der Waals surface area contributed by atoms with Crippen LogP contribution in [-0.4, -0.2) is 35.7 Å². The third kappa shape index (κ3) is 11.5. The molecule has 0 heterocycles. The maximum absolute atomic E-state index is 9.62. The maximum atomic E-state index is 9.62. The normalized spacial score (nSPS) is 12.6. The Morgan fingerprint density at radius 1 is 1.05 bits per heavy atom. The van der Waals surface area contributed by atoms with Crippen LogP contribution < -0.4 is 0 Å². The van der Waals surface area contributed by atoms with Crippen LogP contribution in [0.3, 0.4) is 0 Å². The summed E-state index contributed by atoms with van der Waals surface area (Å²) in [7, 11) is 2.09. The molecule has 1 N–H and O–H groups in total. The molecule has 0 fully saturated rings. The van der Waals surface area contributed by atoms with E-state index in [1.54, 1.807) is 0 Å². The van der Waals surface area contributed by atoms with E-state index in [0.717, 1.165) is 25.8 Å². The Hall–Kier alpha value is -0.860. The number of hydrogen-bond donors (Lipinski definition) is 1. The van der Waals surface area contributed by atoms with Gasteiger partial charge in [0, 0.05) is 12.6 Å². The number of benzene rings is 1.